The monoisotopic (exact) mass is 499 g/mol. The predicted molar refractivity (Wildman–Crippen MR) is 119 cm³/mol. The lowest BCUT2D eigenvalue weighted by Gasteiger charge is -2.44. The molecule has 2 aromatic carbocycles. The van der Waals surface area contributed by atoms with E-state index in [-0.39, 0.29) is 28.9 Å². The summed E-state index contributed by atoms with van der Waals surface area (Å²) in [7, 11) is 3.88. The zero-order valence-corrected chi connectivity index (χ0v) is 19.5. The second kappa shape index (κ2) is 9.27. The predicted octanol–water partition coefficient (Wildman–Crippen LogP) is 4.45. The molecule has 0 spiro atoms. The summed E-state index contributed by atoms with van der Waals surface area (Å²) in [5.74, 6) is -4.17. The minimum Gasteiger partial charge on any atom is -0.405 e. The smallest absolute Gasteiger partial charge is 0.405 e. The van der Waals surface area contributed by atoms with E-state index in [0.29, 0.717) is 24.8 Å². The number of nitrogens with one attached hydrogen (secondary N) is 1. The molecular weight excluding hydrogens is 473 g/mol. The van der Waals surface area contributed by atoms with Crippen molar-refractivity contribution in [2.75, 3.05) is 38.7 Å². The highest BCUT2D eigenvalue weighted by Gasteiger charge is 2.38. The van der Waals surface area contributed by atoms with Crippen molar-refractivity contribution in [3.63, 3.8) is 0 Å². The lowest BCUT2D eigenvalue weighted by atomic mass is 9.97. The number of likely N-dealkylation sites (N-methyl/N-ethyl adjacent to an activating group) is 1. The van der Waals surface area contributed by atoms with E-state index >= 15 is 0 Å². The molecule has 2 aliphatic rings. The molecule has 2 aromatic rings. The molecule has 1 saturated heterocycles. The van der Waals surface area contributed by atoms with Crippen molar-refractivity contribution in [2.45, 2.75) is 37.9 Å². The molecule has 0 aliphatic carbocycles. The summed E-state index contributed by atoms with van der Waals surface area (Å²) in [5.41, 5.74) is 0.809. The van der Waals surface area contributed by atoms with Gasteiger partial charge in [0.15, 0.2) is 0 Å². The summed E-state index contributed by atoms with van der Waals surface area (Å²) in [5, 5.41) is 2.63. The number of carbonyl (C=O) groups is 1. The molecule has 2 aliphatic heterocycles. The van der Waals surface area contributed by atoms with E-state index in [4.69, 9.17) is 4.74 Å². The van der Waals surface area contributed by atoms with Gasteiger partial charge in [0, 0.05) is 47.6 Å². The third-order valence-corrected chi connectivity index (χ3v) is 6.30. The zero-order chi connectivity index (χ0) is 25.5. The number of benzene rings is 2. The second-order valence-corrected chi connectivity index (χ2v) is 9.06. The van der Waals surface area contributed by atoms with Crippen molar-refractivity contribution < 1.29 is 36.2 Å². The van der Waals surface area contributed by atoms with Crippen molar-refractivity contribution in [3.05, 3.63) is 58.7 Å². The zero-order valence-electron chi connectivity index (χ0n) is 19.5. The Labute approximate surface area is 199 Å². The van der Waals surface area contributed by atoms with E-state index in [9.17, 15) is 26.7 Å². The number of hydrogen-bond acceptors (Lipinski definition) is 5. The molecule has 35 heavy (non-hydrogen) atoms. The largest absolute Gasteiger partial charge is 0.573 e. The number of alkyl halides is 5. The minimum atomic E-state index is -4.91. The van der Waals surface area contributed by atoms with E-state index in [0.717, 1.165) is 0 Å². The van der Waals surface area contributed by atoms with Crippen LogP contribution >= 0.6 is 0 Å². The fourth-order valence-electron chi connectivity index (χ4n) is 4.22. The number of carbonyl (C=O) groups excluding carboxylic acids is 1. The summed E-state index contributed by atoms with van der Waals surface area (Å²) in [4.78, 5) is 16.8. The average Bonchev–Trinajstić information content (AvgIpc) is 2.70. The molecule has 0 saturated carbocycles. The van der Waals surface area contributed by atoms with Gasteiger partial charge in [-0.25, -0.2) is 0 Å². The van der Waals surface area contributed by atoms with Crippen molar-refractivity contribution in [3.8, 4) is 5.75 Å². The van der Waals surface area contributed by atoms with Gasteiger partial charge in [0.25, 0.3) is 11.8 Å². The van der Waals surface area contributed by atoms with Gasteiger partial charge in [-0.05, 0) is 44.8 Å². The molecule has 0 unspecified atom stereocenters. The van der Waals surface area contributed by atoms with E-state index in [1.165, 1.54) is 37.3 Å². The summed E-state index contributed by atoms with van der Waals surface area (Å²) >= 11 is 0. The van der Waals surface area contributed by atoms with Crippen LogP contribution < -0.4 is 15.0 Å². The Bertz CT molecular complexity index is 1100. The number of hydrogen-bond donors (Lipinski definition) is 1. The first-order chi connectivity index (χ1) is 16.3. The van der Waals surface area contributed by atoms with E-state index in [1.807, 2.05) is 23.9 Å². The van der Waals surface area contributed by atoms with Crippen molar-refractivity contribution in [1.29, 1.82) is 0 Å². The lowest BCUT2D eigenvalue weighted by molar-refractivity contribution is -0.274. The highest BCUT2D eigenvalue weighted by molar-refractivity contribution is 5.94. The van der Waals surface area contributed by atoms with Crippen molar-refractivity contribution >= 4 is 11.6 Å². The first-order valence-corrected chi connectivity index (χ1v) is 11.0. The van der Waals surface area contributed by atoms with Crippen molar-refractivity contribution in [1.82, 2.24) is 10.2 Å². The molecule has 1 amide bonds. The Morgan fingerprint density at radius 2 is 1.91 bits per heavy atom. The van der Waals surface area contributed by atoms with Gasteiger partial charge in [-0.15, -0.1) is 13.2 Å². The van der Waals surface area contributed by atoms with Gasteiger partial charge in [-0.1, -0.05) is 12.1 Å². The maximum Gasteiger partial charge on any atom is 0.573 e. The molecule has 1 fully saturated rings. The number of halogens is 5. The number of ether oxygens (including phenoxy) is 2. The summed E-state index contributed by atoms with van der Waals surface area (Å²) < 4.78 is 76.6. The third kappa shape index (κ3) is 5.51. The van der Waals surface area contributed by atoms with E-state index in [2.05, 4.69) is 10.1 Å². The van der Waals surface area contributed by atoms with E-state index < -0.39 is 36.6 Å². The summed E-state index contributed by atoms with van der Waals surface area (Å²) in [6.07, 6.45) is -4.91. The summed E-state index contributed by atoms with van der Waals surface area (Å²) in [6.45, 7) is 2.08. The minimum absolute atomic E-state index is 0.0577. The molecule has 190 valence electrons. The molecule has 0 radical (unpaired) electrons. The van der Waals surface area contributed by atoms with E-state index in [1.54, 1.807) is 6.07 Å². The van der Waals surface area contributed by atoms with Gasteiger partial charge >= 0.3 is 6.36 Å². The topological polar surface area (TPSA) is 54.0 Å². The second-order valence-electron chi connectivity index (χ2n) is 9.06. The SMILES string of the molecule is C[C@H](NC(=O)c1ccc2c(c1)COCC2(F)F)c1ccc(N2CC(N(C)C)C2)cc1OC(F)(F)F. The van der Waals surface area contributed by atoms with Crippen LogP contribution in [0.4, 0.5) is 27.6 Å². The molecular formula is C24H26F5N3O3. The highest BCUT2D eigenvalue weighted by atomic mass is 19.4. The van der Waals surface area contributed by atoms with Crippen LogP contribution in [0.15, 0.2) is 36.4 Å². The van der Waals surface area contributed by atoms with Crippen molar-refractivity contribution in [2.24, 2.45) is 0 Å². The lowest BCUT2D eigenvalue weighted by Crippen LogP contribution is -2.57. The standard InChI is InChI=1S/C24H26F5N3O3/c1-14(30-22(33)15-4-7-20-16(8-15)12-34-13-23(20,25)26)19-6-5-17(9-21(19)35-24(27,28)29)32-10-18(11-32)31(2)3/h4-9,14,18H,10-13H2,1-3H3,(H,30,33)/t14-/m0/s1. The summed E-state index contributed by atoms with van der Waals surface area (Å²) in [6, 6.07) is 7.70. The van der Waals surface area contributed by atoms with Gasteiger partial charge in [0.1, 0.15) is 12.4 Å². The van der Waals surface area contributed by atoms with Crippen LogP contribution in [0.3, 0.4) is 0 Å². The van der Waals surface area contributed by atoms with Gasteiger partial charge in [-0.3, -0.25) is 4.79 Å². The van der Waals surface area contributed by atoms with Gasteiger partial charge < -0.3 is 24.6 Å². The number of rotatable bonds is 6. The number of amides is 1. The van der Waals surface area contributed by atoms with Gasteiger partial charge in [0.2, 0.25) is 0 Å². The van der Waals surface area contributed by atoms with Gasteiger partial charge in [0.05, 0.1) is 12.6 Å². The van der Waals surface area contributed by atoms with Crippen LogP contribution in [0.1, 0.15) is 40.0 Å². The number of fused-ring (bicyclic) bond motifs is 1. The van der Waals surface area contributed by atoms with Crippen LogP contribution in [-0.4, -0.2) is 57.0 Å². The maximum atomic E-state index is 14.0. The molecule has 6 nitrogen and oxygen atoms in total. The normalized spacial score (nSPS) is 18.6. The molecule has 2 heterocycles. The Morgan fingerprint density at radius 1 is 1.20 bits per heavy atom. The molecule has 4 rings (SSSR count). The molecule has 0 bridgehead atoms. The van der Waals surface area contributed by atoms with Gasteiger partial charge in [-0.2, -0.15) is 8.78 Å². The fourth-order valence-corrected chi connectivity index (χ4v) is 4.22. The van der Waals surface area contributed by atoms with Crippen LogP contribution in [0.2, 0.25) is 0 Å². The Morgan fingerprint density at radius 3 is 2.57 bits per heavy atom. The first-order valence-electron chi connectivity index (χ1n) is 11.0. The molecule has 1 N–H and O–H groups in total. The third-order valence-electron chi connectivity index (χ3n) is 6.30. The quantitative estimate of drug-likeness (QED) is 0.596. The fraction of sp³-hybridized carbons (Fsp3) is 0.458. The molecule has 0 aromatic heterocycles. The first kappa shape index (κ1) is 25.2. The Kier molecular flexibility index (Phi) is 6.67. The van der Waals surface area contributed by atoms with Crippen LogP contribution in [-0.2, 0) is 17.3 Å². The van der Waals surface area contributed by atoms with Crippen LogP contribution in [0, 0.1) is 0 Å². The number of anilines is 1. The molecule has 11 heteroatoms. The van der Waals surface area contributed by atoms with Crippen LogP contribution in [0.5, 0.6) is 5.75 Å². The molecule has 1 atom stereocenters. The average molecular weight is 499 g/mol. The Balaban J connectivity index is 1.53. The maximum absolute atomic E-state index is 14.0. The highest BCUT2D eigenvalue weighted by Crippen LogP contribution is 2.37. The van der Waals surface area contributed by atoms with Crippen LogP contribution in [0.25, 0.3) is 0 Å². The Hall–Kier alpha value is -2.92. The number of nitrogens with zero attached hydrogens (tertiary/aromatic N) is 2.